The fourth-order valence-electron chi connectivity index (χ4n) is 6.45. The molecule has 0 spiro atoms. The first-order valence-corrected chi connectivity index (χ1v) is 15.2. The van der Waals surface area contributed by atoms with Gasteiger partial charge in [-0.1, -0.05) is 31.5 Å². The number of hydrogen-bond acceptors (Lipinski definition) is 8. The number of anilines is 1. The lowest BCUT2D eigenvalue weighted by atomic mass is 9.84. The molecule has 5 rings (SSSR count). The van der Waals surface area contributed by atoms with Crippen LogP contribution in [0.1, 0.15) is 49.7 Å². The number of rotatable bonds is 12. The summed E-state index contributed by atoms with van der Waals surface area (Å²) in [5.41, 5.74) is 8.30. The van der Waals surface area contributed by atoms with Crippen molar-refractivity contribution in [3.05, 3.63) is 53.6 Å². The van der Waals surface area contributed by atoms with E-state index in [1.54, 1.807) is 18.0 Å². The quantitative estimate of drug-likeness (QED) is 0.372. The summed E-state index contributed by atoms with van der Waals surface area (Å²) in [5.74, 6) is -1.63. The van der Waals surface area contributed by atoms with Gasteiger partial charge in [0.25, 0.3) is 0 Å². The Morgan fingerprint density at radius 1 is 1.11 bits per heavy atom. The lowest BCUT2D eigenvalue weighted by Gasteiger charge is -2.34. The monoisotopic (exact) mass is 607 g/mol. The van der Waals surface area contributed by atoms with Gasteiger partial charge in [0, 0.05) is 63.8 Å². The number of carboxylic acid groups (broad SMARTS) is 1. The van der Waals surface area contributed by atoms with Crippen LogP contribution in [0.15, 0.2) is 42.5 Å². The molecule has 3 heterocycles. The van der Waals surface area contributed by atoms with E-state index in [9.17, 15) is 24.3 Å². The first-order valence-electron chi connectivity index (χ1n) is 15.2. The Balaban J connectivity index is 1.45. The number of hydrogen-bond donors (Lipinski definition) is 2. The van der Waals surface area contributed by atoms with Gasteiger partial charge in [-0.2, -0.15) is 0 Å². The predicted octanol–water partition coefficient (Wildman–Crippen LogP) is 2.85. The molecule has 0 aliphatic carbocycles. The fourth-order valence-corrected chi connectivity index (χ4v) is 6.45. The fraction of sp³-hybridized carbons (Fsp3) is 0.500. The van der Waals surface area contributed by atoms with E-state index in [2.05, 4.69) is 6.92 Å². The maximum atomic E-state index is 14.0. The Kier molecular flexibility index (Phi) is 9.70. The highest BCUT2D eigenvalue weighted by molar-refractivity contribution is 5.97. The largest absolute Gasteiger partial charge is 0.481 e. The van der Waals surface area contributed by atoms with E-state index in [0.717, 1.165) is 29.7 Å². The molecule has 12 nitrogen and oxygen atoms in total. The lowest BCUT2D eigenvalue weighted by molar-refractivity contribution is -0.143. The van der Waals surface area contributed by atoms with Gasteiger partial charge in [0.1, 0.15) is 0 Å². The summed E-state index contributed by atoms with van der Waals surface area (Å²) in [4.78, 5) is 58.8. The van der Waals surface area contributed by atoms with E-state index in [-0.39, 0.29) is 44.5 Å². The number of nitrogens with two attached hydrogens (primary N) is 1. The number of likely N-dealkylation sites (tertiary alicyclic amines) is 1. The number of benzene rings is 2. The Morgan fingerprint density at radius 2 is 1.91 bits per heavy atom. The van der Waals surface area contributed by atoms with Crippen LogP contribution >= 0.6 is 0 Å². The van der Waals surface area contributed by atoms with Crippen molar-refractivity contribution in [2.75, 3.05) is 51.5 Å². The van der Waals surface area contributed by atoms with E-state index in [0.29, 0.717) is 37.7 Å². The van der Waals surface area contributed by atoms with Crippen molar-refractivity contribution in [3.63, 3.8) is 0 Å². The molecule has 0 radical (unpaired) electrons. The van der Waals surface area contributed by atoms with Crippen molar-refractivity contribution in [3.8, 4) is 11.5 Å². The average molecular weight is 608 g/mol. The number of imide groups is 1. The Morgan fingerprint density at radius 3 is 2.66 bits per heavy atom. The molecule has 0 aromatic heterocycles. The zero-order chi connectivity index (χ0) is 31.4. The van der Waals surface area contributed by atoms with Crippen molar-refractivity contribution in [1.29, 1.82) is 0 Å². The first-order chi connectivity index (χ1) is 21.2. The molecule has 12 heteroatoms. The van der Waals surface area contributed by atoms with Gasteiger partial charge in [0.15, 0.2) is 11.5 Å². The molecule has 4 amide bonds. The topological polar surface area (TPSA) is 146 Å². The molecule has 3 N–H and O–H groups in total. The smallest absolute Gasteiger partial charge is 0.326 e. The number of carboxylic acids is 1. The van der Waals surface area contributed by atoms with Crippen molar-refractivity contribution >= 4 is 29.5 Å². The average Bonchev–Trinajstić information content (AvgIpc) is 3.63. The normalized spacial score (nSPS) is 21.7. The van der Waals surface area contributed by atoms with Gasteiger partial charge >= 0.3 is 12.0 Å². The summed E-state index contributed by atoms with van der Waals surface area (Å²) in [6, 6.07) is 12.0. The van der Waals surface area contributed by atoms with E-state index in [1.165, 1.54) is 9.80 Å². The third kappa shape index (κ3) is 6.51. The van der Waals surface area contributed by atoms with Crippen LogP contribution in [-0.2, 0) is 20.9 Å². The van der Waals surface area contributed by atoms with Crippen LogP contribution in [0.5, 0.6) is 11.5 Å². The van der Waals surface area contributed by atoms with Crippen molar-refractivity contribution in [2.45, 2.75) is 51.1 Å². The molecule has 2 aromatic rings. The highest BCUT2D eigenvalue weighted by atomic mass is 16.7. The van der Waals surface area contributed by atoms with Crippen LogP contribution in [0.4, 0.5) is 10.5 Å². The Bertz CT molecular complexity index is 1400. The highest BCUT2D eigenvalue weighted by Gasteiger charge is 2.48. The highest BCUT2D eigenvalue weighted by Crippen LogP contribution is 2.43. The van der Waals surface area contributed by atoms with Gasteiger partial charge in [-0.15, -0.1) is 0 Å². The second kappa shape index (κ2) is 13.6. The molecular formula is C32H41N5O7. The number of nitrogens with zero attached hydrogens (tertiary/aromatic N) is 4. The minimum absolute atomic E-state index is 0.0200. The van der Waals surface area contributed by atoms with Gasteiger partial charge in [0.2, 0.25) is 18.6 Å². The van der Waals surface area contributed by atoms with Gasteiger partial charge < -0.3 is 30.1 Å². The molecule has 0 bridgehead atoms. The number of fused-ring (bicyclic) bond motifs is 1. The van der Waals surface area contributed by atoms with Gasteiger partial charge in [-0.05, 0) is 48.2 Å². The van der Waals surface area contributed by atoms with Crippen LogP contribution in [0.3, 0.4) is 0 Å². The minimum Gasteiger partial charge on any atom is -0.481 e. The lowest BCUT2D eigenvalue weighted by Crippen LogP contribution is -2.52. The van der Waals surface area contributed by atoms with E-state index >= 15 is 0 Å². The number of aliphatic carboxylic acids is 1. The van der Waals surface area contributed by atoms with Crippen LogP contribution in [-0.4, -0.2) is 96.2 Å². The van der Waals surface area contributed by atoms with Gasteiger partial charge in [0.05, 0.1) is 12.5 Å². The van der Waals surface area contributed by atoms with Crippen LogP contribution in [0.25, 0.3) is 0 Å². The first kappa shape index (κ1) is 31.3. The number of amides is 4. The second-order valence-electron chi connectivity index (χ2n) is 11.6. The molecule has 0 unspecified atom stereocenters. The summed E-state index contributed by atoms with van der Waals surface area (Å²) in [6.45, 7) is 3.71. The number of ether oxygens (including phenoxy) is 2. The van der Waals surface area contributed by atoms with Gasteiger partial charge in [-0.25, -0.2) is 4.79 Å². The summed E-state index contributed by atoms with van der Waals surface area (Å²) < 4.78 is 11.0. The van der Waals surface area contributed by atoms with Crippen LogP contribution in [0, 0.1) is 5.92 Å². The van der Waals surface area contributed by atoms with Crippen LogP contribution < -0.4 is 20.1 Å². The SMILES string of the molecule is CCCCN(C(=O)CN1C[C@H](c2ccc3c(c2)OCO3)[C@@H](C(=O)O)[C@@H]1CCN1C(=O)CCN(C)C1=O)c1cccc(CN)c1. The van der Waals surface area contributed by atoms with Crippen molar-refractivity contribution in [2.24, 2.45) is 11.7 Å². The standard InChI is InChI=1S/C32H41N5O7/c1-3-4-12-36(23-7-5-6-21(15-23)17-33)29(39)19-35-18-24(22-8-9-26-27(16-22)44-20-43-26)30(31(40)41)25(35)10-14-37-28(38)11-13-34(2)32(37)42/h5-9,15-16,24-25,30H,3-4,10-14,17-20,33H2,1-2H3,(H,40,41)/t24-,25+,30-/m1/s1. The summed E-state index contributed by atoms with van der Waals surface area (Å²) in [6.07, 6.45) is 2.12. The molecule has 3 aliphatic heterocycles. The number of carbonyl (C=O) groups excluding carboxylic acids is 3. The van der Waals surface area contributed by atoms with E-state index in [1.807, 2.05) is 41.3 Å². The molecule has 3 aliphatic rings. The molecule has 2 aromatic carbocycles. The maximum Gasteiger partial charge on any atom is 0.326 e. The molecule has 0 saturated carbocycles. The van der Waals surface area contributed by atoms with Crippen molar-refractivity contribution < 1.29 is 33.8 Å². The predicted molar refractivity (Wildman–Crippen MR) is 162 cm³/mol. The zero-order valence-electron chi connectivity index (χ0n) is 25.3. The third-order valence-corrected chi connectivity index (χ3v) is 8.86. The second-order valence-corrected chi connectivity index (χ2v) is 11.6. The summed E-state index contributed by atoms with van der Waals surface area (Å²) >= 11 is 0. The molecular weight excluding hydrogens is 566 g/mol. The van der Waals surface area contributed by atoms with Crippen LogP contribution in [0.2, 0.25) is 0 Å². The Labute approximate surface area is 257 Å². The number of urea groups is 1. The molecule has 236 valence electrons. The maximum absolute atomic E-state index is 14.0. The minimum atomic E-state index is -1.00. The Hall–Kier alpha value is -4.16. The number of unbranched alkanes of at least 4 members (excludes halogenated alkanes) is 1. The summed E-state index contributed by atoms with van der Waals surface area (Å²) in [7, 11) is 1.64. The molecule has 3 atom stereocenters. The zero-order valence-corrected chi connectivity index (χ0v) is 25.3. The number of carbonyl (C=O) groups is 4. The van der Waals surface area contributed by atoms with E-state index in [4.69, 9.17) is 15.2 Å². The molecule has 44 heavy (non-hydrogen) atoms. The summed E-state index contributed by atoms with van der Waals surface area (Å²) in [5, 5.41) is 10.6. The van der Waals surface area contributed by atoms with E-state index < -0.39 is 29.9 Å². The molecule has 2 saturated heterocycles. The van der Waals surface area contributed by atoms with Gasteiger partial charge in [-0.3, -0.25) is 24.2 Å². The third-order valence-electron chi connectivity index (χ3n) is 8.86. The molecule has 2 fully saturated rings. The van der Waals surface area contributed by atoms with Crippen molar-refractivity contribution in [1.82, 2.24) is 14.7 Å².